The molecule has 21 heavy (non-hydrogen) atoms. The highest BCUT2D eigenvalue weighted by molar-refractivity contribution is 8.00. The summed E-state index contributed by atoms with van der Waals surface area (Å²) >= 11 is 3.10. The summed E-state index contributed by atoms with van der Waals surface area (Å²) in [4.78, 5) is 4.18. The Bertz CT molecular complexity index is 507. The summed E-state index contributed by atoms with van der Waals surface area (Å²) in [6.45, 7) is 3.11. The molecule has 0 radical (unpaired) electrons. The molecule has 0 saturated heterocycles. The first-order valence-corrected chi connectivity index (χ1v) is 8.87. The maximum atomic E-state index is 10.0. The van der Waals surface area contributed by atoms with Crippen molar-refractivity contribution in [3.8, 4) is 0 Å². The highest BCUT2D eigenvalue weighted by Crippen LogP contribution is 2.29. The van der Waals surface area contributed by atoms with Crippen LogP contribution in [0.2, 0.25) is 0 Å². The summed E-state index contributed by atoms with van der Waals surface area (Å²) in [5.41, 5.74) is 0.758. The molecule has 1 aromatic heterocycles. The highest BCUT2D eigenvalue weighted by atomic mass is 32.2. The number of rotatable bonds is 9. The van der Waals surface area contributed by atoms with E-state index in [-0.39, 0.29) is 12.1 Å². The summed E-state index contributed by atoms with van der Waals surface area (Å²) in [7, 11) is 0. The second kappa shape index (κ2) is 8.48. The van der Waals surface area contributed by atoms with Gasteiger partial charge < -0.3 is 10.4 Å². The molecule has 1 aromatic carbocycles. The van der Waals surface area contributed by atoms with Crippen LogP contribution in [0.4, 0.5) is 0 Å². The van der Waals surface area contributed by atoms with Gasteiger partial charge in [-0.05, 0) is 36.5 Å². The zero-order chi connectivity index (χ0) is 15.0. The van der Waals surface area contributed by atoms with Gasteiger partial charge in [0.25, 0.3) is 0 Å². The van der Waals surface area contributed by atoms with Crippen LogP contribution in [0.5, 0.6) is 0 Å². The van der Waals surface area contributed by atoms with E-state index in [0.29, 0.717) is 0 Å². The van der Waals surface area contributed by atoms with Gasteiger partial charge >= 0.3 is 0 Å². The molecule has 0 amide bonds. The zero-order valence-electron chi connectivity index (χ0n) is 12.2. The van der Waals surface area contributed by atoms with E-state index in [1.807, 2.05) is 18.2 Å². The van der Waals surface area contributed by atoms with Crippen molar-refractivity contribution >= 4 is 23.3 Å². The third-order valence-electron chi connectivity index (χ3n) is 3.41. The monoisotopic (exact) mass is 323 g/mol. The predicted molar refractivity (Wildman–Crippen MR) is 88.7 cm³/mol. The van der Waals surface area contributed by atoms with Crippen LogP contribution in [0.25, 0.3) is 0 Å². The molecule has 0 saturated carbocycles. The van der Waals surface area contributed by atoms with Crippen LogP contribution in [0.3, 0.4) is 0 Å². The average molecular weight is 323 g/mol. The third kappa shape index (κ3) is 4.51. The van der Waals surface area contributed by atoms with E-state index < -0.39 is 0 Å². The molecule has 0 aliphatic heterocycles. The van der Waals surface area contributed by atoms with Crippen LogP contribution in [-0.2, 0) is 5.54 Å². The molecule has 4 nitrogen and oxygen atoms in total. The standard InChI is InChI=1S/C15H21N3OS2/c1-2-9-17-15(11-19,13-6-4-3-5-7-13)8-10-20-14-16-12-18-21-14/h3-7,12,17,19H,2,8-11H2,1H3. The molecule has 1 unspecified atom stereocenters. The van der Waals surface area contributed by atoms with E-state index in [2.05, 4.69) is 33.7 Å². The Morgan fingerprint density at radius 3 is 2.76 bits per heavy atom. The number of nitrogens with one attached hydrogen (secondary N) is 1. The number of hydrogen-bond acceptors (Lipinski definition) is 6. The van der Waals surface area contributed by atoms with Crippen molar-refractivity contribution in [1.82, 2.24) is 14.7 Å². The number of aliphatic hydroxyl groups is 1. The number of hydrogen-bond donors (Lipinski definition) is 2. The van der Waals surface area contributed by atoms with E-state index in [1.54, 1.807) is 18.1 Å². The Morgan fingerprint density at radius 2 is 2.14 bits per heavy atom. The van der Waals surface area contributed by atoms with Crippen molar-refractivity contribution in [2.45, 2.75) is 29.6 Å². The average Bonchev–Trinajstić information content (AvgIpc) is 3.05. The quantitative estimate of drug-likeness (QED) is 0.695. The fourth-order valence-electron chi connectivity index (χ4n) is 2.22. The molecule has 0 aliphatic rings. The Hall–Kier alpha value is -0.950. The van der Waals surface area contributed by atoms with Crippen molar-refractivity contribution in [2.24, 2.45) is 0 Å². The maximum Gasteiger partial charge on any atom is 0.169 e. The topological polar surface area (TPSA) is 58.0 Å². The van der Waals surface area contributed by atoms with Gasteiger partial charge in [-0.1, -0.05) is 49.0 Å². The SMILES string of the molecule is CCCNC(CO)(CCSc1ncns1)c1ccccc1. The second-order valence-electron chi connectivity index (χ2n) is 4.84. The molecule has 2 N–H and O–H groups in total. The molecule has 1 atom stereocenters. The summed E-state index contributed by atoms with van der Waals surface area (Å²) in [6, 6.07) is 10.2. The molecular formula is C15H21N3OS2. The first-order chi connectivity index (χ1) is 10.3. The molecule has 2 rings (SSSR count). The van der Waals surface area contributed by atoms with Crippen molar-refractivity contribution in [2.75, 3.05) is 18.9 Å². The molecule has 2 aromatic rings. The number of aromatic nitrogens is 2. The lowest BCUT2D eigenvalue weighted by atomic mass is 9.88. The van der Waals surface area contributed by atoms with Crippen molar-refractivity contribution < 1.29 is 5.11 Å². The van der Waals surface area contributed by atoms with Gasteiger partial charge in [0, 0.05) is 5.75 Å². The zero-order valence-corrected chi connectivity index (χ0v) is 13.8. The van der Waals surface area contributed by atoms with Gasteiger partial charge in [0.1, 0.15) is 6.33 Å². The summed E-state index contributed by atoms with van der Waals surface area (Å²) in [5, 5.41) is 13.5. The van der Waals surface area contributed by atoms with Gasteiger partial charge in [-0.3, -0.25) is 0 Å². The fourth-order valence-corrected chi connectivity index (χ4v) is 3.84. The first kappa shape index (κ1) is 16.4. The number of benzene rings is 1. The number of aliphatic hydroxyl groups excluding tert-OH is 1. The van der Waals surface area contributed by atoms with Gasteiger partial charge in [-0.2, -0.15) is 4.37 Å². The Morgan fingerprint density at radius 1 is 1.33 bits per heavy atom. The van der Waals surface area contributed by atoms with Gasteiger partial charge in [0.2, 0.25) is 0 Å². The molecular weight excluding hydrogens is 302 g/mol. The van der Waals surface area contributed by atoms with Crippen molar-refractivity contribution in [1.29, 1.82) is 0 Å². The lowest BCUT2D eigenvalue weighted by Crippen LogP contribution is -2.46. The molecule has 0 bridgehead atoms. The van der Waals surface area contributed by atoms with Crippen LogP contribution in [0.1, 0.15) is 25.3 Å². The van der Waals surface area contributed by atoms with E-state index in [1.165, 1.54) is 11.5 Å². The minimum Gasteiger partial charge on any atom is -0.394 e. The smallest absolute Gasteiger partial charge is 0.169 e. The van der Waals surface area contributed by atoms with Crippen LogP contribution >= 0.6 is 23.3 Å². The van der Waals surface area contributed by atoms with Crippen LogP contribution in [-0.4, -0.2) is 33.4 Å². The highest BCUT2D eigenvalue weighted by Gasteiger charge is 2.30. The molecule has 0 spiro atoms. The van der Waals surface area contributed by atoms with Gasteiger partial charge in [-0.15, -0.1) is 0 Å². The lowest BCUT2D eigenvalue weighted by molar-refractivity contribution is 0.157. The van der Waals surface area contributed by atoms with Crippen LogP contribution in [0, 0.1) is 0 Å². The summed E-state index contributed by atoms with van der Waals surface area (Å²) in [5.74, 6) is 0.890. The van der Waals surface area contributed by atoms with E-state index >= 15 is 0 Å². The van der Waals surface area contributed by atoms with Gasteiger partial charge in [0.05, 0.1) is 12.1 Å². The largest absolute Gasteiger partial charge is 0.394 e. The second-order valence-corrected chi connectivity index (χ2v) is 6.96. The summed E-state index contributed by atoms with van der Waals surface area (Å²) in [6.07, 6.45) is 3.47. The predicted octanol–water partition coefficient (Wildman–Crippen LogP) is 2.91. The molecule has 0 aliphatic carbocycles. The van der Waals surface area contributed by atoms with Crippen molar-refractivity contribution in [3.63, 3.8) is 0 Å². The molecule has 6 heteroatoms. The minimum atomic E-state index is -0.380. The van der Waals surface area contributed by atoms with Crippen LogP contribution in [0.15, 0.2) is 41.0 Å². The van der Waals surface area contributed by atoms with E-state index in [4.69, 9.17) is 0 Å². The Kier molecular flexibility index (Phi) is 6.63. The van der Waals surface area contributed by atoms with Crippen LogP contribution < -0.4 is 5.32 Å². The van der Waals surface area contributed by atoms with Gasteiger partial charge in [0.15, 0.2) is 4.34 Å². The molecule has 1 heterocycles. The first-order valence-electron chi connectivity index (χ1n) is 7.11. The van der Waals surface area contributed by atoms with Gasteiger partial charge in [-0.25, -0.2) is 4.98 Å². The minimum absolute atomic E-state index is 0.0910. The van der Waals surface area contributed by atoms with E-state index in [0.717, 1.165) is 35.0 Å². The Balaban J connectivity index is 2.07. The molecule has 114 valence electrons. The fraction of sp³-hybridized carbons (Fsp3) is 0.467. The lowest BCUT2D eigenvalue weighted by Gasteiger charge is -2.34. The third-order valence-corrected chi connectivity index (χ3v) is 5.20. The molecule has 0 fully saturated rings. The maximum absolute atomic E-state index is 10.0. The normalized spacial score (nSPS) is 14.0. The Labute approximate surface area is 134 Å². The number of thioether (sulfide) groups is 1. The van der Waals surface area contributed by atoms with E-state index in [9.17, 15) is 5.11 Å². The van der Waals surface area contributed by atoms with Crippen molar-refractivity contribution in [3.05, 3.63) is 42.2 Å². The summed E-state index contributed by atoms with van der Waals surface area (Å²) < 4.78 is 4.99. The number of nitrogens with zero attached hydrogens (tertiary/aromatic N) is 2.